The van der Waals surface area contributed by atoms with Crippen molar-refractivity contribution in [1.29, 1.82) is 0 Å². The van der Waals surface area contributed by atoms with E-state index in [0.29, 0.717) is 20.3 Å². The predicted octanol–water partition coefficient (Wildman–Crippen LogP) is 11.4. The lowest BCUT2D eigenvalue weighted by Crippen LogP contribution is -2.30. The number of thiazole rings is 2. The number of hydrogen-bond acceptors (Lipinski definition) is 8. The van der Waals surface area contributed by atoms with E-state index < -0.39 is 0 Å². The summed E-state index contributed by atoms with van der Waals surface area (Å²) in [5.41, 5.74) is 8.33. The maximum Gasteiger partial charge on any atom is 0.242 e. The third-order valence-electron chi connectivity index (χ3n) is 9.21. The molecule has 0 unspecified atom stereocenters. The van der Waals surface area contributed by atoms with Gasteiger partial charge < -0.3 is 0 Å². The number of nitrogens with zero attached hydrogens (tertiary/aromatic N) is 4. The summed E-state index contributed by atoms with van der Waals surface area (Å²) in [5, 5.41) is 6.26. The van der Waals surface area contributed by atoms with Crippen LogP contribution in [-0.2, 0) is 22.4 Å². The van der Waals surface area contributed by atoms with E-state index in [1.807, 2.05) is 82.9 Å². The first-order valence-corrected chi connectivity index (χ1v) is 21.2. The van der Waals surface area contributed by atoms with Gasteiger partial charge in [-0.2, -0.15) is 0 Å². The standard InChI is InChI=1S/C40H32Cl2N4O2S4/c1-23-35(47)45(37(51-23)29-13-17-31(41)18-14-29)39-43-33(21-49-39)27-9-5-25(6-10-27)3-4-26-7-11-28(12-8-26)34-22-50-40(44-34)46-36(48)24(2)52-38(46)30-15-19-32(42)20-16-30/h5-24,37-38H,3-4H2,1-2H3/t23-,24-,37-,38-/m1/s1. The van der Waals surface area contributed by atoms with E-state index >= 15 is 0 Å². The number of anilines is 2. The molecule has 0 bridgehead atoms. The SMILES string of the molecule is C[C@H]1S[C@H](c2ccc(Cl)cc2)N(c2nc(-c3ccc(CCc4ccc(-c5csc(N6C(=O)[C@@H](C)S[C@@H]6c6ccc(Cl)cc6)n5)cc4)cc3)cs2)C1=O. The van der Waals surface area contributed by atoms with E-state index in [2.05, 4.69) is 48.5 Å². The molecule has 6 aromatic rings. The fourth-order valence-corrected chi connectivity index (χ4v) is 11.0. The molecule has 4 aromatic carbocycles. The molecule has 2 aromatic heterocycles. The molecule has 0 saturated carbocycles. The number of aryl methyl sites for hydroxylation is 2. The largest absolute Gasteiger partial charge is 0.273 e. The summed E-state index contributed by atoms with van der Waals surface area (Å²) in [4.78, 5) is 39.8. The molecule has 4 heterocycles. The average Bonchev–Trinajstić information content (AvgIpc) is 3.96. The molecule has 0 spiro atoms. The van der Waals surface area contributed by atoms with Crippen molar-refractivity contribution < 1.29 is 9.59 Å². The first kappa shape index (κ1) is 35.4. The zero-order valence-electron chi connectivity index (χ0n) is 28.1. The fraction of sp³-hybridized carbons (Fsp3) is 0.200. The smallest absolute Gasteiger partial charge is 0.242 e. The van der Waals surface area contributed by atoms with Gasteiger partial charge in [-0.15, -0.1) is 46.2 Å². The number of carbonyl (C=O) groups excluding carboxylic acids is 2. The minimum Gasteiger partial charge on any atom is -0.273 e. The molecule has 2 amide bonds. The van der Waals surface area contributed by atoms with Gasteiger partial charge in [-0.3, -0.25) is 19.4 Å². The third-order valence-corrected chi connectivity index (χ3v) is 14.1. The second-order valence-electron chi connectivity index (χ2n) is 12.7. The lowest BCUT2D eigenvalue weighted by molar-refractivity contribution is -0.118. The predicted molar refractivity (Wildman–Crippen MR) is 220 cm³/mol. The normalized spacial score (nSPS) is 20.3. The van der Waals surface area contributed by atoms with Gasteiger partial charge in [-0.05, 0) is 73.2 Å². The summed E-state index contributed by atoms with van der Waals surface area (Å²) in [6.45, 7) is 3.90. The molecule has 6 nitrogen and oxygen atoms in total. The first-order chi connectivity index (χ1) is 25.2. The van der Waals surface area contributed by atoms with Gasteiger partial charge in [0.15, 0.2) is 10.3 Å². The van der Waals surface area contributed by atoms with Crippen molar-refractivity contribution in [3.63, 3.8) is 0 Å². The second-order valence-corrected chi connectivity index (χ2v) is 18.1. The maximum absolute atomic E-state index is 13.2. The number of thioether (sulfide) groups is 2. The van der Waals surface area contributed by atoms with Gasteiger partial charge in [0.1, 0.15) is 10.7 Å². The molecule has 0 N–H and O–H groups in total. The number of benzene rings is 4. The Hall–Kier alpha value is -3.64. The summed E-state index contributed by atoms with van der Waals surface area (Å²) in [6, 6.07) is 32.4. The van der Waals surface area contributed by atoms with Crippen molar-refractivity contribution in [3.8, 4) is 22.5 Å². The zero-order valence-corrected chi connectivity index (χ0v) is 32.9. The van der Waals surface area contributed by atoms with Crippen LogP contribution < -0.4 is 9.80 Å². The highest BCUT2D eigenvalue weighted by Crippen LogP contribution is 2.48. The molecule has 262 valence electrons. The molecule has 2 saturated heterocycles. The van der Waals surface area contributed by atoms with Crippen LogP contribution in [0.5, 0.6) is 0 Å². The summed E-state index contributed by atoms with van der Waals surface area (Å²) in [5.74, 6) is 0.141. The Morgan fingerprint density at radius 2 is 0.923 bits per heavy atom. The van der Waals surface area contributed by atoms with Crippen LogP contribution >= 0.6 is 69.4 Å². The molecular weight excluding hydrogens is 768 g/mol. The zero-order chi connectivity index (χ0) is 35.9. The highest BCUT2D eigenvalue weighted by Gasteiger charge is 2.42. The Kier molecular flexibility index (Phi) is 10.2. The summed E-state index contributed by atoms with van der Waals surface area (Å²) in [7, 11) is 0. The Morgan fingerprint density at radius 3 is 1.29 bits per heavy atom. The van der Waals surface area contributed by atoms with Gasteiger partial charge >= 0.3 is 0 Å². The van der Waals surface area contributed by atoms with Gasteiger partial charge in [-0.1, -0.05) is 96.0 Å². The van der Waals surface area contributed by atoms with E-state index in [9.17, 15) is 9.59 Å². The number of carbonyl (C=O) groups is 2. The van der Waals surface area contributed by atoms with E-state index in [-0.39, 0.29) is 33.1 Å². The van der Waals surface area contributed by atoms with Crippen molar-refractivity contribution in [1.82, 2.24) is 9.97 Å². The summed E-state index contributed by atoms with van der Waals surface area (Å²) < 4.78 is 0. The van der Waals surface area contributed by atoms with Crippen molar-refractivity contribution >= 4 is 91.5 Å². The molecule has 0 aliphatic carbocycles. The second kappa shape index (κ2) is 15.0. The van der Waals surface area contributed by atoms with Crippen LogP contribution in [0, 0.1) is 0 Å². The minimum atomic E-state index is -0.145. The van der Waals surface area contributed by atoms with Gasteiger partial charge in [0, 0.05) is 31.9 Å². The van der Waals surface area contributed by atoms with E-state index in [1.165, 1.54) is 33.8 Å². The Balaban J connectivity index is 0.903. The van der Waals surface area contributed by atoms with Crippen molar-refractivity contribution in [3.05, 3.63) is 140 Å². The van der Waals surface area contributed by atoms with Crippen molar-refractivity contribution in [2.75, 3.05) is 9.80 Å². The number of amides is 2. The molecule has 2 aliphatic heterocycles. The first-order valence-electron chi connectivity index (χ1n) is 16.8. The van der Waals surface area contributed by atoms with Gasteiger partial charge in [0.25, 0.3) is 0 Å². The average molecular weight is 800 g/mol. The summed E-state index contributed by atoms with van der Waals surface area (Å²) in [6.07, 6.45) is 1.81. The van der Waals surface area contributed by atoms with E-state index in [0.717, 1.165) is 46.5 Å². The molecule has 8 rings (SSSR count). The van der Waals surface area contributed by atoms with E-state index in [1.54, 1.807) is 23.5 Å². The van der Waals surface area contributed by atoms with Crippen molar-refractivity contribution in [2.45, 2.75) is 47.9 Å². The molecule has 12 heteroatoms. The molecular formula is C40H32Cl2N4O2S4. The Labute approximate surface area is 329 Å². The lowest BCUT2D eigenvalue weighted by Gasteiger charge is -2.21. The topological polar surface area (TPSA) is 66.4 Å². The third kappa shape index (κ3) is 7.17. The van der Waals surface area contributed by atoms with Crippen LogP contribution in [0.3, 0.4) is 0 Å². The molecule has 0 radical (unpaired) electrons. The van der Waals surface area contributed by atoms with Crippen LogP contribution in [0.4, 0.5) is 10.3 Å². The Bertz CT molecular complexity index is 2060. The van der Waals surface area contributed by atoms with Gasteiger partial charge in [0.2, 0.25) is 11.8 Å². The molecule has 2 aliphatic rings. The lowest BCUT2D eigenvalue weighted by atomic mass is 10.0. The Morgan fingerprint density at radius 1 is 0.558 bits per heavy atom. The van der Waals surface area contributed by atoms with Crippen molar-refractivity contribution in [2.24, 2.45) is 0 Å². The number of aromatic nitrogens is 2. The molecule has 2 fully saturated rings. The van der Waals surface area contributed by atoms with Gasteiger partial charge in [-0.25, -0.2) is 9.97 Å². The monoisotopic (exact) mass is 798 g/mol. The minimum absolute atomic E-state index is 0.0707. The highest BCUT2D eigenvalue weighted by molar-refractivity contribution is 8.01. The number of halogens is 2. The van der Waals surface area contributed by atoms with E-state index in [4.69, 9.17) is 33.2 Å². The number of rotatable bonds is 9. The quantitative estimate of drug-likeness (QED) is 0.145. The van der Waals surface area contributed by atoms with Crippen LogP contribution in [0.15, 0.2) is 108 Å². The maximum atomic E-state index is 13.2. The van der Waals surface area contributed by atoms with Crippen LogP contribution in [0.25, 0.3) is 22.5 Å². The molecule has 4 atom stereocenters. The summed E-state index contributed by atoms with van der Waals surface area (Å²) >= 11 is 18.5. The molecule has 52 heavy (non-hydrogen) atoms. The van der Waals surface area contributed by atoms with Crippen LogP contribution in [-0.4, -0.2) is 32.3 Å². The van der Waals surface area contributed by atoms with Crippen LogP contribution in [0.2, 0.25) is 10.0 Å². The number of hydrogen-bond donors (Lipinski definition) is 0. The van der Waals surface area contributed by atoms with Gasteiger partial charge in [0.05, 0.1) is 21.9 Å². The van der Waals surface area contributed by atoms with Crippen LogP contribution in [0.1, 0.15) is 46.8 Å². The fourth-order valence-electron chi connectivity index (χ4n) is 6.33. The highest BCUT2D eigenvalue weighted by atomic mass is 35.5.